The Morgan fingerprint density at radius 1 is 1.40 bits per heavy atom. The fourth-order valence-electron chi connectivity index (χ4n) is 1.49. The second kappa shape index (κ2) is 8.92. The van der Waals surface area contributed by atoms with Gasteiger partial charge in [0.25, 0.3) is 0 Å². The number of nitrogens with zero attached hydrogens (tertiary/aromatic N) is 2. The van der Waals surface area contributed by atoms with Gasteiger partial charge in [-0.3, -0.25) is 0 Å². The predicted octanol–water partition coefficient (Wildman–Crippen LogP) is 1.95. The topological polar surface area (TPSA) is 69.5 Å². The molecule has 0 aliphatic carbocycles. The summed E-state index contributed by atoms with van der Waals surface area (Å²) in [5.41, 5.74) is 1.13. The molecule has 1 rings (SSSR count). The van der Waals surface area contributed by atoms with Crippen molar-refractivity contribution in [1.82, 2.24) is 15.6 Å². The summed E-state index contributed by atoms with van der Waals surface area (Å²) < 4.78 is 0. The summed E-state index contributed by atoms with van der Waals surface area (Å²) in [7, 11) is 0. The lowest BCUT2D eigenvalue weighted by Gasteiger charge is -2.13. The van der Waals surface area contributed by atoms with Crippen LogP contribution >= 0.6 is 11.3 Å². The summed E-state index contributed by atoms with van der Waals surface area (Å²) in [6.07, 6.45) is 0. The van der Waals surface area contributed by atoms with Crippen LogP contribution in [-0.2, 0) is 6.54 Å². The first-order valence-corrected chi connectivity index (χ1v) is 8.02. The lowest BCUT2D eigenvalue weighted by Crippen LogP contribution is -2.39. The number of hydrogen-bond donors (Lipinski definition) is 3. The third kappa shape index (κ3) is 5.88. The molecule has 0 fully saturated rings. The largest absolute Gasteiger partial charge is 0.396 e. The molecular weight excluding hydrogens is 272 g/mol. The summed E-state index contributed by atoms with van der Waals surface area (Å²) in [4.78, 5) is 9.09. The Labute approximate surface area is 125 Å². The number of hydrogen-bond acceptors (Lipinski definition) is 4. The van der Waals surface area contributed by atoms with Crippen molar-refractivity contribution >= 4 is 17.3 Å². The van der Waals surface area contributed by atoms with Crippen molar-refractivity contribution in [2.45, 2.75) is 40.2 Å². The third-order valence-electron chi connectivity index (χ3n) is 2.81. The molecule has 0 spiro atoms. The van der Waals surface area contributed by atoms with Crippen LogP contribution in [0.3, 0.4) is 0 Å². The number of rotatable bonds is 7. The van der Waals surface area contributed by atoms with Crippen LogP contribution in [0.2, 0.25) is 0 Å². The third-order valence-corrected chi connectivity index (χ3v) is 3.66. The summed E-state index contributed by atoms with van der Waals surface area (Å²) in [5.74, 6) is 1.45. The number of aliphatic hydroxyl groups excluding tert-OH is 1. The fraction of sp³-hybridized carbons (Fsp3) is 0.714. The van der Waals surface area contributed by atoms with Gasteiger partial charge in [-0.05, 0) is 18.8 Å². The van der Waals surface area contributed by atoms with Crippen molar-refractivity contribution in [3.63, 3.8) is 0 Å². The second-order valence-electron chi connectivity index (χ2n) is 5.18. The van der Waals surface area contributed by atoms with Crippen molar-refractivity contribution in [3.8, 4) is 0 Å². The minimum Gasteiger partial charge on any atom is -0.396 e. The van der Waals surface area contributed by atoms with Gasteiger partial charge in [0, 0.05) is 25.1 Å². The van der Waals surface area contributed by atoms with Crippen LogP contribution in [0.4, 0.5) is 0 Å². The van der Waals surface area contributed by atoms with Gasteiger partial charge >= 0.3 is 0 Å². The Hall–Kier alpha value is -1.14. The van der Waals surface area contributed by atoms with E-state index >= 15 is 0 Å². The number of aliphatic imine (C=N–C) groups is 1. The van der Waals surface area contributed by atoms with E-state index in [4.69, 9.17) is 5.11 Å². The molecule has 0 amide bonds. The van der Waals surface area contributed by atoms with Gasteiger partial charge in [0.2, 0.25) is 0 Å². The minimum absolute atomic E-state index is 0.177. The molecule has 1 unspecified atom stereocenters. The molecule has 0 bridgehead atoms. The van der Waals surface area contributed by atoms with Crippen molar-refractivity contribution in [1.29, 1.82) is 0 Å². The molecule has 6 heteroatoms. The minimum atomic E-state index is 0.177. The average Bonchev–Trinajstić information content (AvgIpc) is 2.90. The lowest BCUT2D eigenvalue weighted by molar-refractivity contribution is 0.238. The van der Waals surface area contributed by atoms with Gasteiger partial charge in [-0.15, -0.1) is 11.3 Å². The number of aromatic nitrogens is 1. The van der Waals surface area contributed by atoms with E-state index in [1.54, 1.807) is 11.3 Å². The lowest BCUT2D eigenvalue weighted by atomic mass is 10.2. The monoisotopic (exact) mass is 298 g/mol. The molecule has 0 aliphatic heterocycles. The van der Waals surface area contributed by atoms with Gasteiger partial charge in [-0.1, -0.05) is 20.8 Å². The smallest absolute Gasteiger partial charge is 0.191 e. The Morgan fingerprint density at radius 2 is 2.15 bits per heavy atom. The van der Waals surface area contributed by atoms with Gasteiger partial charge in [0.15, 0.2) is 5.96 Å². The molecule has 0 saturated carbocycles. The number of guanidine groups is 1. The highest BCUT2D eigenvalue weighted by atomic mass is 32.1. The quantitative estimate of drug-likeness (QED) is 0.531. The SMILES string of the molecule is CCNC(=NCc1nc(C(C)C)cs1)NCC(C)CO. The zero-order valence-corrected chi connectivity index (χ0v) is 13.6. The average molecular weight is 298 g/mol. The van der Waals surface area contributed by atoms with E-state index in [0.29, 0.717) is 19.0 Å². The molecule has 0 radical (unpaired) electrons. The first-order chi connectivity index (χ1) is 9.56. The van der Waals surface area contributed by atoms with Gasteiger partial charge in [-0.2, -0.15) is 0 Å². The van der Waals surface area contributed by atoms with Crippen LogP contribution in [0.5, 0.6) is 0 Å². The van der Waals surface area contributed by atoms with Gasteiger partial charge in [-0.25, -0.2) is 9.98 Å². The Morgan fingerprint density at radius 3 is 2.70 bits per heavy atom. The predicted molar refractivity (Wildman–Crippen MR) is 85.3 cm³/mol. The van der Waals surface area contributed by atoms with Crippen LogP contribution in [0, 0.1) is 5.92 Å². The van der Waals surface area contributed by atoms with Crippen LogP contribution < -0.4 is 10.6 Å². The van der Waals surface area contributed by atoms with E-state index in [9.17, 15) is 0 Å². The highest BCUT2D eigenvalue weighted by molar-refractivity contribution is 7.09. The molecular formula is C14H26N4OS. The summed E-state index contributed by atoms with van der Waals surface area (Å²) in [6, 6.07) is 0. The van der Waals surface area contributed by atoms with Crippen molar-refractivity contribution in [2.24, 2.45) is 10.9 Å². The van der Waals surface area contributed by atoms with E-state index in [2.05, 4.69) is 39.8 Å². The normalized spacial score (nSPS) is 13.6. The molecule has 20 heavy (non-hydrogen) atoms. The molecule has 0 saturated heterocycles. The van der Waals surface area contributed by atoms with Gasteiger partial charge in [0.05, 0.1) is 12.2 Å². The summed E-state index contributed by atoms with van der Waals surface area (Å²) in [6.45, 7) is 10.6. The molecule has 3 N–H and O–H groups in total. The number of thiazole rings is 1. The van der Waals surface area contributed by atoms with E-state index in [-0.39, 0.29) is 12.5 Å². The van der Waals surface area contributed by atoms with Crippen molar-refractivity contribution < 1.29 is 5.11 Å². The van der Waals surface area contributed by atoms with Crippen molar-refractivity contribution in [3.05, 3.63) is 16.1 Å². The molecule has 1 heterocycles. The molecule has 1 aromatic rings. The zero-order chi connectivity index (χ0) is 15.0. The first kappa shape index (κ1) is 16.9. The van der Waals surface area contributed by atoms with Gasteiger partial charge in [0.1, 0.15) is 5.01 Å². The first-order valence-electron chi connectivity index (χ1n) is 7.14. The molecule has 5 nitrogen and oxygen atoms in total. The molecule has 1 atom stereocenters. The molecule has 0 aromatic carbocycles. The Kier molecular flexibility index (Phi) is 7.54. The standard InChI is InChI=1S/C14H26N4OS/c1-5-15-14(16-6-11(4)8-19)17-7-13-18-12(9-20-13)10(2)3/h9-11,19H,5-8H2,1-4H3,(H2,15,16,17). The summed E-state index contributed by atoms with van der Waals surface area (Å²) in [5, 5.41) is 18.6. The van der Waals surface area contributed by atoms with Crippen LogP contribution in [0.25, 0.3) is 0 Å². The fourth-order valence-corrected chi connectivity index (χ4v) is 2.37. The van der Waals surface area contributed by atoms with E-state index in [1.807, 2.05) is 13.8 Å². The highest BCUT2D eigenvalue weighted by Crippen LogP contribution is 2.18. The second-order valence-corrected chi connectivity index (χ2v) is 6.13. The Balaban J connectivity index is 2.56. The maximum absolute atomic E-state index is 9.03. The van der Waals surface area contributed by atoms with Gasteiger partial charge < -0.3 is 15.7 Å². The molecule has 0 aliphatic rings. The van der Waals surface area contributed by atoms with Crippen LogP contribution in [0.1, 0.15) is 44.3 Å². The Bertz CT molecular complexity index is 417. The molecule has 114 valence electrons. The zero-order valence-electron chi connectivity index (χ0n) is 12.8. The maximum Gasteiger partial charge on any atom is 0.191 e. The molecule has 1 aromatic heterocycles. The number of aliphatic hydroxyl groups is 1. The summed E-state index contributed by atoms with van der Waals surface area (Å²) >= 11 is 1.65. The van der Waals surface area contributed by atoms with E-state index < -0.39 is 0 Å². The van der Waals surface area contributed by atoms with Crippen LogP contribution in [-0.4, -0.2) is 35.7 Å². The maximum atomic E-state index is 9.03. The van der Waals surface area contributed by atoms with Crippen molar-refractivity contribution in [2.75, 3.05) is 19.7 Å². The number of nitrogens with one attached hydrogen (secondary N) is 2. The van der Waals surface area contributed by atoms with E-state index in [1.165, 1.54) is 0 Å². The van der Waals surface area contributed by atoms with Crippen LogP contribution in [0.15, 0.2) is 10.4 Å². The highest BCUT2D eigenvalue weighted by Gasteiger charge is 2.06. The van der Waals surface area contributed by atoms with E-state index in [0.717, 1.165) is 23.2 Å².